The van der Waals surface area contributed by atoms with Crippen molar-refractivity contribution < 1.29 is 0 Å². The lowest BCUT2D eigenvalue weighted by molar-refractivity contribution is 0.663. The second-order valence-electron chi connectivity index (χ2n) is 2.89. The third kappa shape index (κ3) is 2.57. The molecular formula is C11H14N2. The molecule has 2 nitrogen and oxygen atoms in total. The highest BCUT2D eigenvalue weighted by Gasteiger charge is 2.05. The van der Waals surface area contributed by atoms with Crippen molar-refractivity contribution >= 4 is 0 Å². The molecule has 0 radical (unpaired) electrons. The van der Waals surface area contributed by atoms with Crippen molar-refractivity contribution in [1.82, 2.24) is 10.3 Å². The number of pyridine rings is 1. The first-order valence-corrected chi connectivity index (χ1v) is 4.40. The van der Waals surface area contributed by atoms with Crippen molar-refractivity contribution in [3.63, 3.8) is 0 Å². The molecule has 0 aliphatic carbocycles. The van der Waals surface area contributed by atoms with Crippen LogP contribution in [0.3, 0.4) is 0 Å². The van der Waals surface area contributed by atoms with Crippen LogP contribution >= 0.6 is 0 Å². The number of nitrogens with one attached hydrogen (secondary N) is 1. The maximum absolute atomic E-state index is 5.41. The number of rotatable bonds is 3. The Bertz CT molecular complexity index is 312. The molecule has 1 aromatic heterocycles. The van der Waals surface area contributed by atoms with E-state index >= 15 is 0 Å². The summed E-state index contributed by atoms with van der Waals surface area (Å²) in [5.41, 5.74) is 2.10. The number of aryl methyl sites for hydroxylation is 1. The monoisotopic (exact) mass is 174 g/mol. The number of nitrogens with zero attached hydrogens (tertiary/aromatic N) is 1. The summed E-state index contributed by atoms with van der Waals surface area (Å²) in [6.07, 6.45) is 7.19. The molecule has 0 bridgehead atoms. The molecule has 0 aromatic carbocycles. The maximum atomic E-state index is 5.41. The van der Waals surface area contributed by atoms with Crippen LogP contribution in [0.1, 0.15) is 24.2 Å². The standard InChI is InChI=1S/C11H14N2/c1-4-11(12-5-2)10-6-7-13-9(3)8-10/h1,6-8,11-12H,5H2,2-3H3. The maximum Gasteiger partial charge on any atom is 0.0944 e. The molecule has 0 fully saturated rings. The topological polar surface area (TPSA) is 24.9 Å². The van der Waals surface area contributed by atoms with Crippen LogP contribution in [0.2, 0.25) is 0 Å². The van der Waals surface area contributed by atoms with E-state index in [0.29, 0.717) is 0 Å². The van der Waals surface area contributed by atoms with Gasteiger partial charge in [0.2, 0.25) is 0 Å². The highest BCUT2D eigenvalue weighted by atomic mass is 14.9. The Morgan fingerprint density at radius 1 is 1.69 bits per heavy atom. The minimum atomic E-state index is 0.00620. The summed E-state index contributed by atoms with van der Waals surface area (Å²) < 4.78 is 0. The van der Waals surface area contributed by atoms with Crippen LogP contribution in [0.5, 0.6) is 0 Å². The van der Waals surface area contributed by atoms with Crippen LogP contribution in [-0.2, 0) is 0 Å². The van der Waals surface area contributed by atoms with Gasteiger partial charge in [-0.25, -0.2) is 0 Å². The van der Waals surface area contributed by atoms with Crippen LogP contribution in [0, 0.1) is 19.3 Å². The average Bonchev–Trinajstić information content (AvgIpc) is 2.14. The largest absolute Gasteiger partial charge is 0.300 e. The van der Waals surface area contributed by atoms with Crippen molar-refractivity contribution in [2.45, 2.75) is 19.9 Å². The SMILES string of the molecule is C#CC(NCC)c1ccnc(C)c1. The van der Waals surface area contributed by atoms with Gasteiger partial charge in [0, 0.05) is 11.9 Å². The Labute approximate surface area is 79.4 Å². The van der Waals surface area contributed by atoms with Crippen molar-refractivity contribution in [2.75, 3.05) is 6.54 Å². The summed E-state index contributed by atoms with van der Waals surface area (Å²) >= 11 is 0. The molecule has 1 rings (SSSR count). The second-order valence-corrected chi connectivity index (χ2v) is 2.89. The van der Waals surface area contributed by atoms with E-state index in [2.05, 4.69) is 16.2 Å². The molecule has 1 atom stereocenters. The summed E-state index contributed by atoms with van der Waals surface area (Å²) in [5.74, 6) is 2.71. The van der Waals surface area contributed by atoms with E-state index in [1.165, 1.54) is 0 Å². The molecule has 0 aliphatic heterocycles. The van der Waals surface area contributed by atoms with Gasteiger partial charge in [-0.1, -0.05) is 12.8 Å². The second kappa shape index (κ2) is 4.64. The molecule has 1 aromatic rings. The van der Waals surface area contributed by atoms with Crippen LogP contribution in [0.4, 0.5) is 0 Å². The van der Waals surface area contributed by atoms with Gasteiger partial charge in [0.1, 0.15) is 0 Å². The van der Waals surface area contributed by atoms with Crippen LogP contribution in [0.15, 0.2) is 18.3 Å². The van der Waals surface area contributed by atoms with Gasteiger partial charge < -0.3 is 5.32 Å². The van der Waals surface area contributed by atoms with Gasteiger partial charge in [-0.3, -0.25) is 4.98 Å². The lowest BCUT2D eigenvalue weighted by Gasteiger charge is -2.11. The summed E-state index contributed by atoms with van der Waals surface area (Å²) in [4.78, 5) is 4.12. The molecule has 0 amide bonds. The van der Waals surface area contributed by atoms with Gasteiger partial charge >= 0.3 is 0 Å². The van der Waals surface area contributed by atoms with E-state index in [9.17, 15) is 0 Å². The highest BCUT2D eigenvalue weighted by molar-refractivity contribution is 5.25. The van der Waals surface area contributed by atoms with Gasteiger partial charge in [0.05, 0.1) is 6.04 Å². The summed E-state index contributed by atoms with van der Waals surface area (Å²) in [5, 5.41) is 3.21. The Kier molecular flexibility index (Phi) is 3.48. The Morgan fingerprint density at radius 3 is 3.00 bits per heavy atom. The lowest BCUT2D eigenvalue weighted by Crippen LogP contribution is -2.19. The first kappa shape index (κ1) is 9.76. The zero-order chi connectivity index (χ0) is 9.68. The number of hydrogen-bond acceptors (Lipinski definition) is 2. The first-order valence-electron chi connectivity index (χ1n) is 4.40. The average molecular weight is 174 g/mol. The Hall–Kier alpha value is -1.33. The zero-order valence-corrected chi connectivity index (χ0v) is 8.04. The first-order chi connectivity index (χ1) is 6.27. The number of hydrogen-bond donors (Lipinski definition) is 1. The molecule has 13 heavy (non-hydrogen) atoms. The van der Waals surface area contributed by atoms with Gasteiger partial charge in [-0.2, -0.15) is 0 Å². The fraction of sp³-hybridized carbons (Fsp3) is 0.364. The molecule has 68 valence electrons. The van der Waals surface area contributed by atoms with E-state index in [4.69, 9.17) is 6.42 Å². The van der Waals surface area contributed by atoms with Gasteiger partial charge in [0.15, 0.2) is 0 Å². The molecule has 1 unspecified atom stereocenters. The van der Waals surface area contributed by atoms with Crippen molar-refractivity contribution in [3.8, 4) is 12.3 Å². The predicted molar refractivity (Wildman–Crippen MR) is 54.2 cm³/mol. The quantitative estimate of drug-likeness (QED) is 0.705. The number of terminal acetylenes is 1. The molecule has 0 spiro atoms. The van der Waals surface area contributed by atoms with E-state index in [-0.39, 0.29) is 6.04 Å². The summed E-state index contributed by atoms with van der Waals surface area (Å²) in [6, 6.07) is 3.96. The van der Waals surface area contributed by atoms with Crippen LogP contribution in [0.25, 0.3) is 0 Å². The van der Waals surface area contributed by atoms with Crippen molar-refractivity contribution in [3.05, 3.63) is 29.6 Å². The predicted octanol–water partition coefficient (Wildman–Crippen LogP) is 1.67. The van der Waals surface area contributed by atoms with Gasteiger partial charge in [0.25, 0.3) is 0 Å². The normalized spacial score (nSPS) is 12.1. The minimum Gasteiger partial charge on any atom is -0.300 e. The third-order valence-corrected chi connectivity index (χ3v) is 1.83. The minimum absolute atomic E-state index is 0.00620. The molecular weight excluding hydrogens is 160 g/mol. The van der Waals surface area contributed by atoms with Gasteiger partial charge in [-0.05, 0) is 31.2 Å². The lowest BCUT2D eigenvalue weighted by atomic mass is 10.1. The summed E-state index contributed by atoms with van der Waals surface area (Å²) in [7, 11) is 0. The summed E-state index contributed by atoms with van der Waals surface area (Å²) in [6.45, 7) is 4.87. The fourth-order valence-electron chi connectivity index (χ4n) is 1.22. The van der Waals surface area contributed by atoms with E-state index in [1.807, 2.05) is 26.0 Å². The van der Waals surface area contributed by atoms with Crippen molar-refractivity contribution in [2.24, 2.45) is 0 Å². The van der Waals surface area contributed by atoms with Crippen molar-refractivity contribution in [1.29, 1.82) is 0 Å². The molecule has 0 saturated carbocycles. The Morgan fingerprint density at radius 2 is 2.46 bits per heavy atom. The molecule has 0 aliphatic rings. The molecule has 2 heteroatoms. The number of aromatic nitrogens is 1. The van der Waals surface area contributed by atoms with E-state index < -0.39 is 0 Å². The van der Waals surface area contributed by atoms with E-state index in [0.717, 1.165) is 17.8 Å². The van der Waals surface area contributed by atoms with Crippen LogP contribution in [-0.4, -0.2) is 11.5 Å². The van der Waals surface area contributed by atoms with Gasteiger partial charge in [-0.15, -0.1) is 6.42 Å². The highest BCUT2D eigenvalue weighted by Crippen LogP contribution is 2.11. The molecule has 0 saturated heterocycles. The molecule has 1 heterocycles. The smallest absolute Gasteiger partial charge is 0.0944 e. The fourth-order valence-corrected chi connectivity index (χ4v) is 1.22. The van der Waals surface area contributed by atoms with E-state index in [1.54, 1.807) is 6.20 Å². The zero-order valence-electron chi connectivity index (χ0n) is 8.04. The Balaban J connectivity index is 2.86. The van der Waals surface area contributed by atoms with Crippen LogP contribution < -0.4 is 5.32 Å². The third-order valence-electron chi connectivity index (χ3n) is 1.83. The molecule has 1 N–H and O–H groups in total.